The second kappa shape index (κ2) is 10.9. The van der Waals surface area contributed by atoms with E-state index in [1.165, 1.54) is 12.1 Å². The summed E-state index contributed by atoms with van der Waals surface area (Å²) < 4.78 is 43.8. The first kappa shape index (κ1) is 24.2. The van der Waals surface area contributed by atoms with Crippen LogP contribution in [0, 0.1) is 0 Å². The lowest BCUT2D eigenvalue weighted by Gasteiger charge is -2.24. The van der Waals surface area contributed by atoms with E-state index < -0.39 is 28.1 Å². The number of hydrogen-bond donors (Lipinski definition) is 2. The Morgan fingerprint density at radius 1 is 1.06 bits per heavy atom. The second-order valence-corrected chi connectivity index (χ2v) is 9.13. The fourth-order valence-corrected chi connectivity index (χ4v) is 5.00. The number of rotatable bonds is 9. The molecular weight excluding hydrogens is 440 g/mol. The first-order chi connectivity index (χ1) is 15.4. The quantitative estimate of drug-likeness (QED) is 0.457. The Morgan fingerprint density at radius 3 is 2.47 bits per heavy atom. The zero-order valence-electron chi connectivity index (χ0n) is 18.3. The van der Waals surface area contributed by atoms with Crippen LogP contribution in [0.3, 0.4) is 0 Å². The van der Waals surface area contributed by atoms with Crippen molar-refractivity contribution < 1.29 is 32.2 Å². The SMILES string of the molecule is CCN(CC)CCNC(=O)C(=O)NC[C@@H]1OCCN1S(=O)(=O)c1ccc2c(c1)OCCO2. The molecule has 1 aromatic carbocycles. The van der Waals surface area contributed by atoms with Gasteiger partial charge in [-0.3, -0.25) is 9.59 Å². The van der Waals surface area contributed by atoms with Gasteiger partial charge in [-0.15, -0.1) is 0 Å². The molecule has 0 radical (unpaired) electrons. The minimum absolute atomic E-state index is 0.0396. The third-order valence-electron chi connectivity index (χ3n) is 5.31. The number of ether oxygens (including phenoxy) is 3. The lowest BCUT2D eigenvalue weighted by Crippen LogP contribution is -2.48. The van der Waals surface area contributed by atoms with Crippen molar-refractivity contribution in [3.8, 4) is 11.5 Å². The van der Waals surface area contributed by atoms with Gasteiger partial charge in [-0.05, 0) is 25.2 Å². The van der Waals surface area contributed by atoms with E-state index in [-0.39, 0.29) is 24.6 Å². The van der Waals surface area contributed by atoms with Gasteiger partial charge in [-0.2, -0.15) is 4.31 Å². The van der Waals surface area contributed by atoms with Crippen LogP contribution in [0.5, 0.6) is 11.5 Å². The van der Waals surface area contributed by atoms with Crippen molar-refractivity contribution in [2.75, 3.05) is 59.1 Å². The zero-order valence-corrected chi connectivity index (χ0v) is 19.2. The summed E-state index contributed by atoms with van der Waals surface area (Å²) in [4.78, 5) is 26.3. The van der Waals surface area contributed by atoms with E-state index in [2.05, 4.69) is 15.5 Å². The summed E-state index contributed by atoms with van der Waals surface area (Å²) in [7, 11) is -3.90. The molecule has 2 aliphatic rings. The van der Waals surface area contributed by atoms with Crippen LogP contribution in [0.4, 0.5) is 0 Å². The number of fused-ring (bicyclic) bond motifs is 1. The molecule has 2 amide bonds. The fraction of sp³-hybridized carbons (Fsp3) is 0.600. The van der Waals surface area contributed by atoms with Crippen LogP contribution in [0.15, 0.2) is 23.1 Å². The molecule has 11 nitrogen and oxygen atoms in total. The standard InChI is InChI=1S/C20H30N4O7S/c1-3-23(4-2)8-7-21-19(25)20(26)22-14-18-24(9-10-31-18)32(27,28)15-5-6-16-17(13-15)30-12-11-29-16/h5-6,13,18H,3-4,7-12,14H2,1-2H3,(H,21,25)(H,22,26)/t18-/m0/s1. The first-order valence-electron chi connectivity index (χ1n) is 10.7. The molecule has 2 N–H and O–H groups in total. The number of amides is 2. The van der Waals surface area contributed by atoms with Gasteiger partial charge in [-0.1, -0.05) is 13.8 Å². The highest BCUT2D eigenvalue weighted by Gasteiger charge is 2.37. The molecule has 0 saturated carbocycles. The third kappa shape index (κ3) is 5.68. The molecule has 1 fully saturated rings. The number of benzene rings is 1. The van der Waals surface area contributed by atoms with Crippen LogP contribution in [-0.2, 0) is 24.3 Å². The zero-order chi connectivity index (χ0) is 23.1. The summed E-state index contributed by atoms with van der Waals surface area (Å²) in [6, 6.07) is 4.42. The number of nitrogens with zero attached hydrogens (tertiary/aromatic N) is 2. The molecule has 178 valence electrons. The minimum Gasteiger partial charge on any atom is -0.486 e. The summed E-state index contributed by atoms with van der Waals surface area (Å²) in [5.41, 5.74) is 0. The summed E-state index contributed by atoms with van der Waals surface area (Å²) in [5.74, 6) is -0.750. The molecule has 32 heavy (non-hydrogen) atoms. The van der Waals surface area contributed by atoms with Gasteiger partial charge >= 0.3 is 11.8 Å². The molecule has 2 aliphatic heterocycles. The molecule has 0 spiro atoms. The number of sulfonamides is 1. The summed E-state index contributed by atoms with van der Waals surface area (Å²) >= 11 is 0. The molecule has 0 bridgehead atoms. The highest BCUT2D eigenvalue weighted by molar-refractivity contribution is 7.89. The number of carbonyl (C=O) groups is 2. The Hall–Kier alpha value is -2.41. The van der Waals surface area contributed by atoms with Crippen LogP contribution < -0.4 is 20.1 Å². The van der Waals surface area contributed by atoms with Gasteiger partial charge < -0.3 is 29.7 Å². The maximum atomic E-state index is 13.1. The predicted molar refractivity (Wildman–Crippen MR) is 115 cm³/mol. The van der Waals surface area contributed by atoms with Crippen molar-refractivity contribution in [1.82, 2.24) is 19.8 Å². The summed E-state index contributed by atoms with van der Waals surface area (Å²) in [5, 5.41) is 5.02. The van der Waals surface area contributed by atoms with Gasteiger partial charge in [0.05, 0.1) is 18.0 Å². The van der Waals surface area contributed by atoms with Crippen molar-refractivity contribution in [2.45, 2.75) is 25.0 Å². The van der Waals surface area contributed by atoms with Crippen molar-refractivity contribution in [1.29, 1.82) is 0 Å². The fourth-order valence-electron chi connectivity index (χ4n) is 3.47. The van der Waals surface area contributed by atoms with Crippen molar-refractivity contribution in [3.63, 3.8) is 0 Å². The van der Waals surface area contributed by atoms with E-state index >= 15 is 0 Å². The van der Waals surface area contributed by atoms with Crippen LogP contribution in [0.1, 0.15) is 13.8 Å². The van der Waals surface area contributed by atoms with E-state index in [0.717, 1.165) is 17.4 Å². The van der Waals surface area contributed by atoms with Crippen molar-refractivity contribution in [3.05, 3.63) is 18.2 Å². The van der Waals surface area contributed by atoms with Crippen LogP contribution in [0.2, 0.25) is 0 Å². The molecule has 1 saturated heterocycles. The van der Waals surface area contributed by atoms with Gasteiger partial charge in [0.1, 0.15) is 19.4 Å². The van der Waals surface area contributed by atoms with Crippen molar-refractivity contribution >= 4 is 21.8 Å². The lowest BCUT2D eigenvalue weighted by molar-refractivity contribution is -0.139. The molecule has 0 aliphatic carbocycles. The van der Waals surface area contributed by atoms with Crippen LogP contribution >= 0.6 is 0 Å². The van der Waals surface area contributed by atoms with Gasteiger partial charge in [0, 0.05) is 25.7 Å². The van der Waals surface area contributed by atoms with E-state index in [9.17, 15) is 18.0 Å². The number of likely N-dealkylation sites (N-methyl/N-ethyl adjacent to an activating group) is 1. The van der Waals surface area contributed by atoms with Crippen LogP contribution in [0.25, 0.3) is 0 Å². The van der Waals surface area contributed by atoms with E-state index in [1.807, 2.05) is 13.8 Å². The number of carbonyl (C=O) groups excluding carboxylic acids is 2. The third-order valence-corrected chi connectivity index (χ3v) is 7.20. The maximum Gasteiger partial charge on any atom is 0.309 e. The summed E-state index contributed by atoms with van der Waals surface area (Å²) in [6.07, 6.45) is -0.916. The molecular formula is C20H30N4O7S. The van der Waals surface area contributed by atoms with Gasteiger partial charge in [0.15, 0.2) is 11.5 Å². The highest BCUT2D eigenvalue weighted by Crippen LogP contribution is 2.34. The molecule has 1 aromatic rings. The van der Waals surface area contributed by atoms with Crippen LogP contribution in [-0.4, -0.2) is 94.8 Å². The molecule has 0 aromatic heterocycles. The van der Waals surface area contributed by atoms with E-state index in [0.29, 0.717) is 37.8 Å². The Morgan fingerprint density at radius 2 is 1.75 bits per heavy atom. The highest BCUT2D eigenvalue weighted by atomic mass is 32.2. The monoisotopic (exact) mass is 470 g/mol. The van der Waals surface area contributed by atoms with E-state index in [4.69, 9.17) is 14.2 Å². The van der Waals surface area contributed by atoms with Crippen molar-refractivity contribution in [2.24, 2.45) is 0 Å². The summed E-state index contributed by atoms with van der Waals surface area (Å²) in [6.45, 7) is 7.64. The second-order valence-electron chi connectivity index (χ2n) is 7.24. The molecule has 1 atom stereocenters. The molecule has 2 heterocycles. The smallest absolute Gasteiger partial charge is 0.309 e. The Bertz CT molecular complexity index is 921. The number of nitrogens with one attached hydrogen (secondary N) is 2. The Kier molecular flexibility index (Phi) is 8.29. The maximum absolute atomic E-state index is 13.1. The normalized spacial score (nSPS) is 18.5. The number of hydrogen-bond acceptors (Lipinski definition) is 8. The Balaban J connectivity index is 1.56. The predicted octanol–water partition coefficient (Wildman–Crippen LogP) is -0.621. The minimum atomic E-state index is -3.90. The average Bonchev–Trinajstić information content (AvgIpc) is 3.29. The molecule has 3 rings (SSSR count). The lowest BCUT2D eigenvalue weighted by atomic mass is 10.3. The molecule has 0 unspecified atom stereocenters. The topological polar surface area (TPSA) is 127 Å². The van der Waals surface area contributed by atoms with Gasteiger partial charge in [-0.25, -0.2) is 8.42 Å². The molecule has 12 heteroatoms. The Labute approximate surface area is 188 Å². The first-order valence-corrected chi connectivity index (χ1v) is 12.1. The van der Waals surface area contributed by atoms with E-state index in [1.54, 1.807) is 6.07 Å². The van der Waals surface area contributed by atoms with Gasteiger partial charge in [0.25, 0.3) is 0 Å². The average molecular weight is 471 g/mol. The van der Waals surface area contributed by atoms with Gasteiger partial charge in [0.2, 0.25) is 10.0 Å². The largest absolute Gasteiger partial charge is 0.486 e.